The van der Waals surface area contributed by atoms with E-state index in [-0.39, 0.29) is 0 Å². The quantitative estimate of drug-likeness (QED) is 0.173. The van der Waals surface area contributed by atoms with E-state index in [1.54, 1.807) is 0 Å². The fourth-order valence-electron chi connectivity index (χ4n) is 8.21. The zero-order chi connectivity index (χ0) is 32.8. The van der Waals surface area contributed by atoms with Gasteiger partial charge in [-0.15, -0.1) is 11.3 Å². The molecule has 232 valence electrons. The molecule has 0 unspecified atom stereocenters. The molecule has 2 heterocycles. The summed E-state index contributed by atoms with van der Waals surface area (Å²) in [5.74, 6) is 0. The smallest absolute Gasteiger partial charge is 0.136 e. The standard InChI is InChI=1S/C48H28OS/c1-2-11-29(12-3-1)46-34-15-4-6-17-36(34)47(37-18-7-5-16-35(37)46)33-14-10-13-30(25-33)31-22-24-44-40(26-31)41-28-39-32(27-45(41)50-44)21-23-43-48(39)38-19-8-9-20-42(38)49-43/h1-28H. The fraction of sp³-hybridized carbons (Fsp3) is 0. The molecule has 0 aliphatic carbocycles. The number of para-hydroxylation sites is 1. The van der Waals surface area contributed by atoms with Crippen LogP contribution in [0.2, 0.25) is 0 Å². The van der Waals surface area contributed by atoms with Crippen LogP contribution in [0.15, 0.2) is 174 Å². The van der Waals surface area contributed by atoms with Gasteiger partial charge in [0.2, 0.25) is 0 Å². The summed E-state index contributed by atoms with van der Waals surface area (Å²) in [5.41, 5.74) is 9.35. The number of rotatable bonds is 3. The normalized spacial score (nSPS) is 12.0. The number of furan rings is 1. The fourth-order valence-corrected chi connectivity index (χ4v) is 9.32. The van der Waals surface area contributed by atoms with E-state index >= 15 is 0 Å². The van der Waals surface area contributed by atoms with E-state index in [1.165, 1.54) is 96.6 Å². The highest BCUT2D eigenvalue weighted by Gasteiger charge is 2.18. The summed E-state index contributed by atoms with van der Waals surface area (Å²) in [5, 5.41) is 12.5. The van der Waals surface area contributed by atoms with Crippen LogP contribution in [0.3, 0.4) is 0 Å². The van der Waals surface area contributed by atoms with Gasteiger partial charge in [0.05, 0.1) is 0 Å². The molecule has 0 bridgehead atoms. The van der Waals surface area contributed by atoms with Crippen molar-refractivity contribution in [3.8, 4) is 33.4 Å². The van der Waals surface area contributed by atoms with Crippen LogP contribution in [0.4, 0.5) is 0 Å². The van der Waals surface area contributed by atoms with Crippen LogP contribution in [0.5, 0.6) is 0 Å². The van der Waals surface area contributed by atoms with Crippen molar-refractivity contribution in [3.05, 3.63) is 170 Å². The molecule has 1 nitrogen and oxygen atoms in total. The van der Waals surface area contributed by atoms with E-state index in [1.807, 2.05) is 17.4 Å². The maximum Gasteiger partial charge on any atom is 0.136 e. The minimum atomic E-state index is 0.933. The highest BCUT2D eigenvalue weighted by atomic mass is 32.1. The molecule has 0 saturated heterocycles. The van der Waals surface area contributed by atoms with Crippen molar-refractivity contribution in [2.24, 2.45) is 0 Å². The summed E-state index contributed by atoms with van der Waals surface area (Å²) in [7, 11) is 0. The van der Waals surface area contributed by atoms with Crippen LogP contribution < -0.4 is 0 Å². The molecule has 50 heavy (non-hydrogen) atoms. The van der Waals surface area contributed by atoms with Gasteiger partial charge in [0.25, 0.3) is 0 Å². The third-order valence-electron chi connectivity index (χ3n) is 10.4. The van der Waals surface area contributed by atoms with Crippen molar-refractivity contribution in [2.45, 2.75) is 0 Å². The van der Waals surface area contributed by atoms with Gasteiger partial charge in [-0.05, 0) is 108 Å². The van der Waals surface area contributed by atoms with E-state index in [2.05, 4.69) is 164 Å². The monoisotopic (exact) mass is 652 g/mol. The predicted molar refractivity (Wildman–Crippen MR) is 215 cm³/mol. The lowest BCUT2D eigenvalue weighted by Gasteiger charge is -2.18. The number of fused-ring (bicyclic) bond motifs is 10. The first kappa shape index (κ1) is 27.7. The van der Waals surface area contributed by atoms with Crippen molar-refractivity contribution in [1.82, 2.24) is 0 Å². The average Bonchev–Trinajstić information content (AvgIpc) is 3.74. The SMILES string of the molecule is c1ccc(-c2c3ccccc3c(-c3cccc(-c4ccc5sc6cc7ccc8oc9ccccc9c8c7cc6c5c4)c3)c3ccccc23)cc1. The van der Waals surface area contributed by atoms with Crippen molar-refractivity contribution >= 4 is 85.8 Å². The van der Waals surface area contributed by atoms with Gasteiger partial charge in [-0.25, -0.2) is 0 Å². The molecule has 0 atom stereocenters. The molecular weight excluding hydrogens is 625 g/mol. The lowest BCUT2D eigenvalue weighted by Crippen LogP contribution is -1.91. The first-order chi connectivity index (χ1) is 24.8. The van der Waals surface area contributed by atoms with E-state index in [0.717, 1.165) is 11.2 Å². The molecule has 0 aliphatic heterocycles. The summed E-state index contributed by atoms with van der Waals surface area (Å²) >= 11 is 1.87. The van der Waals surface area contributed by atoms with Crippen LogP contribution in [0, 0.1) is 0 Å². The lowest BCUT2D eigenvalue weighted by atomic mass is 9.85. The van der Waals surface area contributed by atoms with Gasteiger partial charge in [0.1, 0.15) is 11.2 Å². The number of hydrogen-bond donors (Lipinski definition) is 0. The number of benzene rings is 9. The highest BCUT2D eigenvalue weighted by molar-refractivity contribution is 7.25. The molecule has 9 aromatic carbocycles. The molecule has 0 saturated carbocycles. The molecule has 0 radical (unpaired) electrons. The average molecular weight is 653 g/mol. The molecule has 2 aromatic heterocycles. The van der Waals surface area contributed by atoms with Gasteiger partial charge in [0.15, 0.2) is 0 Å². The predicted octanol–water partition coefficient (Wildman–Crippen LogP) is 14.4. The summed E-state index contributed by atoms with van der Waals surface area (Å²) in [6.07, 6.45) is 0. The van der Waals surface area contributed by atoms with Gasteiger partial charge in [0, 0.05) is 30.9 Å². The first-order valence-corrected chi connectivity index (χ1v) is 17.9. The highest BCUT2D eigenvalue weighted by Crippen LogP contribution is 2.45. The Morgan fingerprint density at radius 1 is 0.320 bits per heavy atom. The number of thiophene rings is 1. The van der Waals surface area contributed by atoms with Gasteiger partial charge in [-0.3, -0.25) is 0 Å². The van der Waals surface area contributed by atoms with E-state index in [9.17, 15) is 0 Å². The largest absolute Gasteiger partial charge is 0.456 e. The Hall–Kier alpha value is -6.22. The summed E-state index contributed by atoms with van der Waals surface area (Å²) in [4.78, 5) is 0. The van der Waals surface area contributed by atoms with Crippen molar-refractivity contribution < 1.29 is 4.42 Å². The van der Waals surface area contributed by atoms with Gasteiger partial charge < -0.3 is 4.42 Å². The van der Waals surface area contributed by atoms with Crippen molar-refractivity contribution in [1.29, 1.82) is 0 Å². The minimum Gasteiger partial charge on any atom is -0.456 e. The Bertz CT molecular complexity index is 3090. The Morgan fingerprint density at radius 2 is 0.920 bits per heavy atom. The lowest BCUT2D eigenvalue weighted by molar-refractivity contribution is 0.669. The molecule has 0 N–H and O–H groups in total. The van der Waals surface area contributed by atoms with E-state index in [4.69, 9.17) is 4.42 Å². The summed E-state index contributed by atoms with van der Waals surface area (Å²) in [6.45, 7) is 0. The first-order valence-electron chi connectivity index (χ1n) is 17.1. The maximum absolute atomic E-state index is 6.25. The van der Waals surface area contributed by atoms with E-state index < -0.39 is 0 Å². The molecule has 0 spiro atoms. The second-order valence-corrected chi connectivity index (χ2v) is 14.3. The second-order valence-electron chi connectivity index (χ2n) is 13.2. The molecule has 0 amide bonds. The Morgan fingerprint density at radius 3 is 1.68 bits per heavy atom. The van der Waals surface area contributed by atoms with Crippen LogP contribution in [-0.4, -0.2) is 0 Å². The van der Waals surface area contributed by atoms with Crippen molar-refractivity contribution in [3.63, 3.8) is 0 Å². The Kier molecular flexibility index (Phi) is 5.89. The van der Waals surface area contributed by atoms with Crippen molar-refractivity contribution in [2.75, 3.05) is 0 Å². The molecule has 0 fully saturated rings. The molecular formula is C48H28OS. The van der Waals surface area contributed by atoms with Gasteiger partial charge in [-0.2, -0.15) is 0 Å². The van der Waals surface area contributed by atoms with Crippen LogP contribution in [0.1, 0.15) is 0 Å². The molecule has 2 heteroatoms. The third-order valence-corrected chi connectivity index (χ3v) is 11.6. The molecule has 11 rings (SSSR count). The second kappa shape index (κ2) is 10.6. The molecule has 0 aliphatic rings. The Labute approximate surface area is 292 Å². The maximum atomic E-state index is 6.25. The third kappa shape index (κ3) is 4.06. The van der Waals surface area contributed by atoms with Crippen LogP contribution in [0.25, 0.3) is 108 Å². The van der Waals surface area contributed by atoms with E-state index in [0.29, 0.717) is 0 Å². The summed E-state index contributed by atoms with van der Waals surface area (Å²) in [6, 6.07) is 62.1. The van der Waals surface area contributed by atoms with Gasteiger partial charge in [-0.1, -0.05) is 127 Å². The minimum absolute atomic E-state index is 0.933. The summed E-state index contributed by atoms with van der Waals surface area (Å²) < 4.78 is 8.86. The van der Waals surface area contributed by atoms with Gasteiger partial charge >= 0.3 is 0 Å². The zero-order valence-electron chi connectivity index (χ0n) is 27.0. The van der Waals surface area contributed by atoms with Crippen LogP contribution in [-0.2, 0) is 0 Å². The van der Waals surface area contributed by atoms with Crippen LogP contribution >= 0.6 is 11.3 Å². The zero-order valence-corrected chi connectivity index (χ0v) is 27.8. The number of hydrogen-bond acceptors (Lipinski definition) is 2. The molecule has 11 aromatic rings. The topological polar surface area (TPSA) is 13.1 Å². The Balaban J connectivity index is 1.11.